The van der Waals surface area contributed by atoms with Crippen LogP contribution in [-0.2, 0) is 4.74 Å². The Hall–Kier alpha value is -2.47. The average Bonchev–Trinajstić information content (AvgIpc) is 3.29. The summed E-state index contributed by atoms with van der Waals surface area (Å²) >= 11 is 0. The predicted octanol–water partition coefficient (Wildman–Crippen LogP) is 2.86. The molecule has 1 aliphatic heterocycles. The summed E-state index contributed by atoms with van der Waals surface area (Å²) in [6.45, 7) is -0.180. The number of hydrogen-bond acceptors (Lipinski definition) is 4. The van der Waals surface area contributed by atoms with Crippen molar-refractivity contribution >= 4 is 0 Å². The minimum atomic E-state index is -0.647. The minimum absolute atomic E-state index is 0.180. The van der Waals surface area contributed by atoms with Crippen LogP contribution in [-0.4, -0.2) is 38.6 Å². The highest BCUT2D eigenvalue weighted by Gasteiger charge is 2.34. The van der Waals surface area contributed by atoms with E-state index >= 15 is 0 Å². The maximum Gasteiger partial charge on any atom is 0.137 e. The van der Waals surface area contributed by atoms with E-state index in [1.165, 1.54) is 5.56 Å². The minimum Gasteiger partial charge on any atom is -0.394 e. The number of rotatable bonds is 4. The molecule has 2 aromatic carbocycles. The van der Waals surface area contributed by atoms with Gasteiger partial charge in [0.15, 0.2) is 0 Å². The molecular formula is C20H20N2O3. The second kappa shape index (κ2) is 6.80. The van der Waals surface area contributed by atoms with Gasteiger partial charge in [-0.1, -0.05) is 54.6 Å². The van der Waals surface area contributed by atoms with Crippen LogP contribution >= 0.6 is 0 Å². The lowest BCUT2D eigenvalue weighted by Crippen LogP contribution is -2.24. The third-order valence-corrected chi connectivity index (χ3v) is 4.61. The molecule has 1 saturated heterocycles. The fourth-order valence-corrected chi connectivity index (χ4v) is 3.17. The number of aliphatic hydroxyl groups excluding tert-OH is 2. The van der Waals surface area contributed by atoms with Crippen LogP contribution < -0.4 is 0 Å². The molecule has 128 valence electrons. The zero-order valence-electron chi connectivity index (χ0n) is 13.7. The molecule has 3 aromatic rings. The van der Waals surface area contributed by atoms with E-state index < -0.39 is 12.2 Å². The number of ether oxygens (including phenoxy) is 1. The predicted molar refractivity (Wildman–Crippen MR) is 94.7 cm³/mol. The van der Waals surface area contributed by atoms with Crippen LogP contribution in [0.2, 0.25) is 0 Å². The Morgan fingerprint density at radius 1 is 1.00 bits per heavy atom. The molecule has 0 unspecified atom stereocenters. The Morgan fingerprint density at radius 2 is 1.68 bits per heavy atom. The third kappa shape index (κ3) is 3.22. The Kier molecular flexibility index (Phi) is 4.36. The number of benzene rings is 2. The molecule has 2 heterocycles. The van der Waals surface area contributed by atoms with Gasteiger partial charge in [0, 0.05) is 18.2 Å². The second-order valence-electron chi connectivity index (χ2n) is 6.26. The first-order valence-electron chi connectivity index (χ1n) is 8.38. The van der Waals surface area contributed by atoms with Crippen molar-refractivity contribution in [3.63, 3.8) is 0 Å². The number of aromatic nitrogens is 2. The topological polar surface area (TPSA) is 67.5 Å². The van der Waals surface area contributed by atoms with Crippen molar-refractivity contribution in [2.24, 2.45) is 0 Å². The maximum absolute atomic E-state index is 9.86. The van der Waals surface area contributed by atoms with Crippen molar-refractivity contribution in [1.82, 2.24) is 9.55 Å². The summed E-state index contributed by atoms with van der Waals surface area (Å²) in [5, 5.41) is 19.1. The molecular weight excluding hydrogens is 316 g/mol. The van der Waals surface area contributed by atoms with Gasteiger partial charge in [-0.2, -0.15) is 0 Å². The molecule has 1 fully saturated rings. The van der Waals surface area contributed by atoms with E-state index in [4.69, 9.17) is 4.74 Å². The zero-order chi connectivity index (χ0) is 17.2. The molecule has 0 saturated carbocycles. The fourth-order valence-electron chi connectivity index (χ4n) is 3.17. The van der Waals surface area contributed by atoms with Crippen LogP contribution in [0, 0.1) is 0 Å². The van der Waals surface area contributed by atoms with Gasteiger partial charge in [-0.3, -0.25) is 0 Å². The van der Waals surface area contributed by atoms with E-state index in [1.807, 2.05) is 29.0 Å². The summed E-state index contributed by atoms with van der Waals surface area (Å²) < 4.78 is 7.50. The SMILES string of the molecule is OC[C@H]1O[C@@H](n2cnc(-c3ccc(-c4ccccc4)cc3)c2)C[C@@H]1O. The van der Waals surface area contributed by atoms with Crippen molar-refractivity contribution < 1.29 is 14.9 Å². The molecule has 0 spiro atoms. The first kappa shape index (κ1) is 16.0. The average molecular weight is 336 g/mol. The smallest absolute Gasteiger partial charge is 0.137 e. The summed E-state index contributed by atoms with van der Waals surface area (Å²) in [6.07, 6.45) is 2.60. The third-order valence-electron chi connectivity index (χ3n) is 4.61. The van der Waals surface area contributed by atoms with Gasteiger partial charge in [-0.05, 0) is 11.1 Å². The van der Waals surface area contributed by atoms with Crippen molar-refractivity contribution in [2.45, 2.75) is 24.9 Å². The first-order chi connectivity index (χ1) is 12.2. The van der Waals surface area contributed by atoms with Gasteiger partial charge in [-0.15, -0.1) is 0 Å². The standard InChI is InChI=1S/C20H20N2O3/c23-12-19-18(24)10-20(25-19)22-11-17(21-13-22)16-8-6-15(7-9-16)14-4-2-1-3-5-14/h1-9,11,13,18-20,23-24H,10,12H2/t18-,19+,20+/m0/s1. The molecule has 2 N–H and O–H groups in total. The van der Waals surface area contributed by atoms with Gasteiger partial charge >= 0.3 is 0 Å². The van der Waals surface area contributed by atoms with Gasteiger partial charge in [0.25, 0.3) is 0 Å². The maximum atomic E-state index is 9.86. The van der Waals surface area contributed by atoms with Gasteiger partial charge in [-0.25, -0.2) is 4.98 Å². The van der Waals surface area contributed by atoms with Gasteiger partial charge < -0.3 is 19.5 Å². The van der Waals surface area contributed by atoms with Gasteiger partial charge in [0.05, 0.1) is 24.7 Å². The lowest BCUT2D eigenvalue weighted by atomic mass is 10.0. The normalized spacial score (nSPS) is 23.0. The Labute approximate surface area is 146 Å². The van der Waals surface area contributed by atoms with E-state index in [9.17, 15) is 10.2 Å². The van der Waals surface area contributed by atoms with Crippen LogP contribution in [0.1, 0.15) is 12.6 Å². The molecule has 3 atom stereocenters. The van der Waals surface area contributed by atoms with Crippen molar-refractivity contribution in [3.05, 3.63) is 67.1 Å². The summed E-state index contributed by atoms with van der Waals surface area (Å²) in [4.78, 5) is 4.45. The molecule has 0 aliphatic carbocycles. The summed E-state index contributed by atoms with van der Waals surface area (Å²) in [6, 6.07) is 18.5. The Morgan fingerprint density at radius 3 is 2.36 bits per heavy atom. The first-order valence-corrected chi connectivity index (χ1v) is 8.38. The van der Waals surface area contributed by atoms with Gasteiger partial charge in [0.2, 0.25) is 0 Å². The van der Waals surface area contributed by atoms with Crippen LogP contribution in [0.3, 0.4) is 0 Å². The van der Waals surface area contributed by atoms with Crippen LogP contribution in [0.5, 0.6) is 0 Å². The number of nitrogens with zero attached hydrogens (tertiary/aromatic N) is 2. The molecule has 4 rings (SSSR count). The highest BCUT2D eigenvalue weighted by molar-refractivity contribution is 5.68. The van der Waals surface area contributed by atoms with Crippen LogP contribution in [0.15, 0.2) is 67.1 Å². The Bertz CT molecular complexity index is 830. The van der Waals surface area contributed by atoms with E-state index in [-0.39, 0.29) is 12.8 Å². The number of imidazole rings is 1. The molecule has 1 aliphatic rings. The highest BCUT2D eigenvalue weighted by atomic mass is 16.5. The quantitative estimate of drug-likeness (QED) is 0.769. The van der Waals surface area contributed by atoms with Crippen molar-refractivity contribution in [2.75, 3.05) is 6.61 Å². The summed E-state index contributed by atoms with van der Waals surface area (Å²) in [5.74, 6) is 0. The van der Waals surface area contributed by atoms with Crippen LogP contribution in [0.4, 0.5) is 0 Å². The van der Waals surface area contributed by atoms with E-state index in [2.05, 4.69) is 41.4 Å². The molecule has 25 heavy (non-hydrogen) atoms. The second-order valence-corrected chi connectivity index (χ2v) is 6.26. The fraction of sp³-hybridized carbons (Fsp3) is 0.250. The van der Waals surface area contributed by atoms with Gasteiger partial charge in [0.1, 0.15) is 12.3 Å². The zero-order valence-corrected chi connectivity index (χ0v) is 13.7. The van der Waals surface area contributed by atoms with Crippen LogP contribution in [0.25, 0.3) is 22.4 Å². The molecule has 5 nitrogen and oxygen atoms in total. The largest absolute Gasteiger partial charge is 0.394 e. The van der Waals surface area contributed by atoms with E-state index in [0.29, 0.717) is 6.42 Å². The monoisotopic (exact) mass is 336 g/mol. The lowest BCUT2D eigenvalue weighted by molar-refractivity contribution is -0.0443. The number of aliphatic hydroxyl groups is 2. The molecule has 1 aromatic heterocycles. The van der Waals surface area contributed by atoms with E-state index in [1.54, 1.807) is 6.33 Å². The molecule has 5 heteroatoms. The van der Waals surface area contributed by atoms with E-state index in [0.717, 1.165) is 16.8 Å². The molecule has 0 bridgehead atoms. The number of hydrogen-bond donors (Lipinski definition) is 2. The van der Waals surface area contributed by atoms with Crippen molar-refractivity contribution in [1.29, 1.82) is 0 Å². The molecule has 0 radical (unpaired) electrons. The lowest BCUT2D eigenvalue weighted by Gasteiger charge is -2.12. The van der Waals surface area contributed by atoms with Crippen molar-refractivity contribution in [3.8, 4) is 22.4 Å². The summed E-state index contributed by atoms with van der Waals surface area (Å²) in [7, 11) is 0. The summed E-state index contributed by atoms with van der Waals surface area (Å²) in [5.41, 5.74) is 4.22. The Balaban J connectivity index is 1.53. The highest BCUT2D eigenvalue weighted by Crippen LogP contribution is 2.30. The molecule has 0 amide bonds.